The molecule has 0 atom stereocenters. The lowest BCUT2D eigenvalue weighted by molar-refractivity contribution is 0.0394. The summed E-state index contributed by atoms with van der Waals surface area (Å²) < 4.78 is 10.8. The normalized spacial score (nSPS) is 15.5. The summed E-state index contributed by atoms with van der Waals surface area (Å²) in [4.78, 5) is 7.13. The zero-order valence-electron chi connectivity index (χ0n) is 16.2. The Hall–Kier alpha value is -2.02. The third-order valence-corrected chi connectivity index (χ3v) is 4.86. The second-order valence-electron chi connectivity index (χ2n) is 6.75. The van der Waals surface area contributed by atoms with Gasteiger partial charge in [0.05, 0.1) is 26.0 Å². The molecule has 2 heterocycles. The van der Waals surface area contributed by atoms with E-state index in [1.807, 2.05) is 30.3 Å². The summed E-state index contributed by atoms with van der Waals surface area (Å²) in [7, 11) is 0. The van der Waals surface area contributed by atoms with E-state index in [4.69, 9.17) is 25.7 Å². The van der Waals surface area contributed by atoms with E-state index in [-0.39, 0.29) is 0 Å². The fraction of sp³-hybridized carbons (Fsp3) is 0.476. The molecule has 0 unspecified atom stereocenters. The molecular weight excluding hydrogens is 376 g/mol. The molecule has 0 spiro atoms. The number of rotatable bonds is 9. The van der Waals surface area contributed by atoms with E-state index in [1.54, 1.807) is 6.26 Å². The average Bonchev–Trinajstić information content (AvgIpc) is 3.22. The Morgan fingerprint density at radius 2 is 1.89 bits per heavy atom. The number of nitrogens with one attached hydrogen (secondary N) is 2. The van der Waals surface area contributed by atoms with Gasteiger partial charge < -0.3 is 19.8 Å². The predicted octanol–water partition coefficient (Wildman–Crippen LogP) is 2.59. The molecule has 2 aromatic rings. The number of ether oxygens (including phenoxy) is 1. The zero-order valence-corrected chi connectivity index (χ0v) is 17.0. The number of guanidine groups is 1. The molecule has 0 bridgehead atoms. The standard InChI is InChI=1S/C21H29ClN4O2/c22-19-4-1-3-18(17-19)6-8-23-21(24-9-7-20-5-2-14-28-20)25-10-11-26-12-15-27-16-13-26/h1-5,14,17H,6-13,15-16H2,(H2,23,24,25). The van der Waals surface area contributed by atoms with Gasteiger partial charge in [-0.05, 0) is 36.2 Å². The van der Waals surface area contributed by atoms with Crippen molar-refractivity contribution in [1.29, 1.82) is 0 Å². The summed E-state index contributed by atoms with van der Waals surface area (Å²) in [6.45, 7) is 6.87. The van der Waals surface area contributed by atoms with Crippen LogP contribution in [0, 0.1) is 0 Å². The van der Waals surface area contributed by atoms with E-state index in [0.717, 1.165) is 82.1 Å². The highest BCUT2D eigenvalue weighted by Gasteiger charge is 2.09. The smallest absolute Gasteiger partial charge is 0.191 e. The number of furan rings is 1. The minimum absolute atomic E-state index is 0.757. The van der Waals surface area contributed by atoms with Gasteiger partial charge in [-0.25, -0.2) is 0 Å². The number of hydrogen-bond donors (Lipinski definition) is 2. The van der Waals surface area contributed by atoms with Gasteiger partial charge >= 0.3 is 0 Å². The number of halogens is 1. The molecule has 152 valence electrons. The molecule has 2 N–H and O–H groups in total. The van der Waals surface area contributed by atoms with Crippen molar-refractivity contribution in [2.45, 2.75) is 12.8 Å². The molecule has 0 radical (unpaired) electrons. The Morgan fingerprint density at radius 3 is 2.64 bits per heavy atom. The predicted molar refractivity (Wildman–Crippen MR) is 113 cm³/mol. The van der Waals surface area contributed by atoms with E-state index in [2.05, 4.69) is 21.6 Å². The van der Waals surface area contributed by atoms with Crippen LogP contribution in [0.15, 0.2) is 52.1 Å². The first-order valence-corrected chi connectivity index (χ1v) is 10.3. The van der Waals surface area contributed by atoms with E-state index in [0.29, 0.717) is 0 Å². The zero-order chi connectivity index (χ0) is 19.4. The molecule has 1 aliphatic rings. The number of morpholine rings is 1. The van der Waals surface area contributed by atoms with E-state index in [9.17, 15) is 0 Å². The lowest BCUT2D eigenvalue weighted by Crippen LogP contribution is -2.41. The Kier molecular flexibility index (Phi) is 8.68. The third-order valence-electron chi connectivity index (χ3n) is 4.63. The van der Waals surface area contributed by atoms with Gasteiger partial charge in [0.25, 0.3) is 0 Å². The maximum Gasteiger partial charge on any atom is 0.191 e. The Labute approximate surface area is 171 Å². The molecule has 7 heteroatoms. The maximum absolute atomic E-state index is 6.07. The molecule has 6 nitrogen and oxygen atoms in total. The molecule has 1 aliphatic heterocycles. The van der Waals surface area contributed by atoms with Crippen molar-refractivity contribution in [1.82, 2.24) is 15.5 Å². The van der Waals surface area contributed by atoms with Crippen molar-refractivity contribution in [3.8, 4) is 0 Å². The monoisotopic (exact) mass is 404 g/mol. The molecule has 3 rings (SSSR count). The van der Waals surface area contributed by atoms with Gasteiger partial charge in [-0.2, -0.15) is 0 Å². The number of benzene rings is 1. The van der Waals surface area contributed by atoms with Crippen LogP contribution in [0.25, 0.3) is 0 Å². The molecule has 0 aliphatic carbocycles. The minimum Gasteiger partial charge on any atom is -0.469 e. The lowest BCUT2D eigenvalue weighted by Gasteiger charge is -2.25. The van der Waals surface area contributed by atoms with Gasteiger partial charge in [-0.3, -0.25) is 9.89 Å². The molecule has 1 aromatic heterocycles. The van der Waals surface area contributed by atoms with Crippen molar-refractivity contribution in [3.63, 3.8) is 0 Å². The van der Waals surface area contributed by atoms with Crippen LogP contribution in [-0.2, 0) is 17.6 Å². The largest absolute Gasteiger partial charge is 0.469 e. The summed E-state index contributed by atoms with van der Waals surface area (Å²) >= 11 is 6.07. The summed E-state index contributed by atoms with van der Waals surface area (Å²) in [5.74, 6) is 1.81. The molecule has 28 heavy (non-hydrogen) atoms. The quantitative estimate of drug-likeness (QED) is 0.497. The van der Waals surface area contributed by atoms with Crippen molar-refractivity contribution < 1.29 is 9.15 Å². The molecule has 1 aromatic carbocycles. The van der Waals surface area contributed by atoms with Crippen LogP contribution in [-0.4, -0.2) is 63.3 Å². The Morgan fingerprint density at radius 1 is 1.07 bits per heavy atom. The summed E-state index contributed by atoms with van der Waals surface area (Å²) in [6.07, 6.45) is 3.42. The molecular formula is C21H29ClN4O2. The van der Waals surface area contributed by atoms with Crippen LogP contribution >= 0.6 is 11.6 Å². The van der Waals surface area contributed by atoms with Crippen molar-refractivity contribution in [2.75, 3.05) is 52.5 Å². The fourth-order valence-electron chi connectivity index (χ4n) is 3.08. The highest BCUT2D eigenvalue weighted by atomic mass is 35.5. The summed E-state index contributed by atoms with van der Waals surface area (Å²) in [5.41, 5.74) is 1.21. The van der Waals surface area contributed by atoms with Crippen LogP contribution in [0.1, 0.15) is 11.3 Å². The van der Waals surface area contributed by atoms with Crippen molar-refractivity contribution in [2.24, 2.45) is 4.99 Å². The van der Waals surface area contributed by atoms with Gasteiger partial charge in [0.2, 0.25) is 0 Å². The molecule has 0 saturated carbocycles. The second kappa shape index (κ2) is 11.7. The van der Waals surface area contributed by atoms with Gasteiger partial charge in [-0.15, -0.1) is 0 Å². The van der Waals surface area contributed by atoms with Crippen LogP contribution in [0.3, 0.4) is 0 Å². The van der Waals surface area contributed by atoms with Crippen LogP contribution < -0.4 is 10.6 Å². The highest BCUT2D eigenvalue weighted by Crippen LogP contribution is 2.10. The molecule has 0 amide bonds. The van der Waals surface area contributed by atoms with Gasteiger partial charge in [0, 0.05) is 44.2 Å². The SMILES string of the molecule is Clc1cccc(CCNC(=NCCN2CCOCC2)NCCc2ccco2)c1. The van der Waals surface area contributed by atoms with Gasteiger partial charge in [0.15, 0.2) is 5.96 Å². The Bertz CT molecular complexity index is 715. The number of hydrogen-bond acceptors (Lipinski definition) is 4. The molecule has 1 fully saturated rings. The topological polar surface area (TPSA) is 62.0 Å². The molecule has 1 saturated heterocycles. The summed E-state index contributed by atoms with van der Waals surface area (Å²) in [5, 5.41) is 7.60. The van der Waals surface area contributed by atoms with E-state index >= 15 is 0 Å². The minimum atomic E-state index is 0.757. The van der Waals surface area contributed by atoms with Gasteiger partial charge in [0.1, 0.15) is 5.76 Å². The van der Waals surface area contributed by atoms with Crippen LogP contribution in [0.2, 0.25) is 5.02 Å². The summed E-state index contributed by atoms with van der Waals surface area (Å²) in [6, 6.07) is 11.9. The van der Waals surface area contributed by atoms with Crippen molar-refractivity contribution >= 4 is 17.6 Å². The van der Waals surface area contributed by atoms with E-state index in [1.165, 1.54) is 5.56 Å². The maximum atomic E-state index is 6.07. The number of aliphatic imine (C=N–C) groups is 1. The lowest BCUT2D eigenvalue weighted by atomic mass is 10.1. The highest BCUT2D eigenvalue weighted by molar-refractivity contribution is 6.30. The van der Waals surface area contributed by atoms with Crippen LogP contribution in [0.4, 0.5) is 0 Å². The number of nitrogens with zero attached hydrogens (tertiary/aromatic N) is 2. The van der Waals surface area contributed by atoms with Crippen LogP contribution in [0.5, 0.6) is 0 Å². The van der Waals surface area contributed by atoms with Gasteiger partial charge in [-0.1, -0.05) is 23.7 Å². The first kappa shape index (κ1) is 20.7. The second-order valence-corrected chi connectivity index (χ2v) is 7.18. The average molecular weight is 405 g/mol. The van der Waals surface area contributed by atoms with E-state index < -0.39 is 0 Å². The van der Waals surface area contributed by atoms with Crippen molar-refractivity contribution in [3.05, 3.63) is 59.0 Å². The fourth-order valence-corrected chi connectivity index (χ4v) is 3.29. The Balaban J connectivity index is 1.46. The first-order chi connectivity index (χ1) is 13.8. The third kappa shape index (κ3) is 7.54. The first-order valence-electron chi connectivity index (χ1n) is 9.89.